The molecule has 2 fully saturated rings. The fourth-order valence-electron chi connectivity index (χ4n) is 5.37. The van der Waals surface area contributed by atoms with Crippen molar-refractivity contribution in [2.45, 2.75) is 36.8 Å². The van der Waals surface area contributed by atoms with Crippen LogP contribution < -0.4 is 15.5 Å². The SMILES string of the molecule is CN(C)C1(c2ccccc2)CCC2(CC1)CN(c1cnc(NC(=O)c3ccccc3)nc1)C(=O)N2. The van der Waals surface area contributed by atoms with Gasteiger partial charge in [-0.1, -0.05) is 48.5 Å². The second-order valence-electron chi connectivity index (χ2n) is 9.67. The van der Waals surface area contributed by atoms with E-state index >= 15 is 0 Å². The first-order chi connectivity index (χ1) is 16.9. The molecule has 1 aliphatic heterocycles. The Bertz CT molecular complexity index is 1190. The number of aromatic nitrogens is 2. The minimum Gasteiger partial charge on any atom is -0.330 e. The molecule has 1 aliphatic carbocycles. The molecule has 35 heavy (non-hydrogen) atoms. The molecule has 3 amide bonds. The second-order valence-corrected chi connectivity index (χ2v) is 9.67. The minimum atomic E-state index is -0.277. The molecule has 8 heteroatoms. The monoisotopic (exact) mass is 470 g/mol. The number of carbonyl (C=O) groups excluding carboxylic acids is 2. The van der Waals surface area contributed by atoms with Gasteiger partial charge in [0, 0.05) is 11.1 Å². The molecular weight excluding hydrogens is 440 g/mol. The Morgan fingerprint density at radius 1 is 0.943 bits per heavy atom. The van der Waals surface area contributed by atoms with E-state index in [9.17, 15) is 9.59 Å². The zero-order valence-electron chi connectivity index (χ0n) is 20.1. The van der Waals surface area contributed by atoms with Gasteiger partial charge in [0.05, 0.1) is 30.2 Å². The molecular formula is C27H30N6O2. The molecule has 0 radical (unpaired) electrons. The third kappa shape index (κ3) is 4.37. The van der Waals surface area contributed by atoms with Crippen LogP contribution in [0.15, 0.2) is 73.1 Å². The van der Waals surface area contributed by atoms with Gasteiger partial charge in [0.2, 0.25) is 5.95 Å². The summed E-state index contributed by atoms with van der Waals surface area (Å²) in [7, 11) is 4.28. The van der Waals surface area contributed by atoms with Crippen molar-refractivity contribution in [1.82, 2.24) is 20.2 Å². The number of hydrogen-bond acceptors (Lipinski definition) is 5. The molecule has 1 spiro atoms. The van der Waals surface area contributed by atoms with Crippen molar-refractivity contribution in [3.05, 3.63) is 84.2 Å². The molecule has 2 aliphatic rings. The van der Waals surface area contributed by atoms with Crippen LogP contribution in [0.5, 0.6) is 0 Å². The molecule has 0 atom stereocenters. The van der Waals surface area contributed by atoms with Crippen molar-refractivity contribution in [3.63, 3.8) is 0 Å². The third-order valence-electron chi connectivity index (χ3n) is 7.49. The average Bonchev–Trinajstić information content (AvgIpc) is 3.21. The predicted molar refractivity (Wildman–Crippen MR) is 135 cm³/mol. The number of carbonyl (C=O) groups is 2. The maximum absolute atomic E-state index is 12.9. The van der Waals surface area contributed by atoms with Gasteiger partial charge in [-0.15, -0.1) is 0 Å². The van der Waals surface area contributed by atoms with E-state index in [0.717, 1.165) is 25.7 Å². The molecule has 2 N–H and O–H groups in total. The summed E-state index contributed by atoms with van der Waals surface area (Å²) in [5.74, 6) is -0.0746. The van der Waals surface area contributed by atoms with Crippen LogP contribution in [0.3, 0.4) is 0 Å². The Labute approximate surface area is 205 Å². The summed E-state index contributed by atoms with van der Waals surface area (Å²) < 4.78 is 0. The van der Waals surface area contributed by atoms with Crippen LogP contribution in [-0.2, 0) is 5.54 Å². The average molecular weight is 471 g/mol. The Hall–Kier alpha value is -3.78. The lowest BCUT2D eigenvalue weighted by Crippen LogP contribution is -2.54. The molecule has 1 saturated carbocycles. The number of rotatable bonds is 5. The summed E-state index contributed by atoms with van der Waals surface area (Å²) in [5.41, 5.74) is 2.16. The topological polar surface area (TPSA) is 90.5 Å². The van der Waals surface area contributed by atoms with Gasteiger partial charge < -0.3 is 5.32 Å². The van der Waals surface area contributed by atoms with Crippen LogP contribution in [0, 0.1) is 0 Å². The van der Waals surface area contributed by atoms with Crippen LogP contribution in [-0.4, -0.2) is 53.0 Å². The van der Waals surface area contributed by atoms with Gasteiger partial charge in [0.1, 0.15) is 0 Å². The van der Waals surface area contributed by atoms with Gasteiger partial charge in [-0.05, 0) is 57.5 Å². The van der Waals surface area contributed by atoms with Crippen molar-refractivity contribution in [2.24, 2.45) is 0 Å². The van der Waals surface area contributed by atoms with Gasteiger partial charge in [-0.25, -0.2) is 14.8 Å². The Kier molecular flexibility index (Phi) is 5.98. The van der Waals surface area contributed by atoms with Crippen LogP contribution in [0.4, 0.5) is 16.4 Å². The largest absolute Gasteiger partial charge is 0.330 e. The fraction of sp³-hybridized carbons (Fsp3) is 0.333. The lowest BCUT2D eigenvalue weighted by Gasteiger charge is -2.48. The first-order valence-corrected chi connectivity index (χ1v) is 11.9. The molecule has 3 aromatic rings. The molecule has 2 aromatic carbocycles. The first kappa shape index (κ1) is 23.0. The predicted octanol–water partition coefficient (Wildman–Crippen LogP) is 4.03. The number of amides is 3. The zero-order valence-corrected chi connectivity index (χ0v) is 20.1. The van der Waals surface area contributed by atoms with Crippen molar-refractivity contribution in [3.8, 4) is 0 Å². The fourth-order valence-corrected chi connectivity index (χ4v) is 5.37. The Morgan fingerprint density at radius 3 is 2.14 bits per heavy atom. The molecule has 0 unspecified atom stereocenters. The lowest BCUT2D eigenvalue weighted by atomic mass is 9.69. The van der Waals surface area contributed by atoms with E-state index in [4.69, 9.17) is 0 Å². The number of nitrogens with one attached hydrogen (secondary N) is 2. The number of urea groups is 1. The molecule has 2 heterocycles. The normalized spacial score (nSPS) is 24.0. The van der Waals surface area contributed by atoms with E-state index < -0.39 is 0 Å². The highest BCUT2D eigenvalue weighted by molar-refractivity contribution is 6.03. The molecule has 0 bridgehead atoms. The van der Waals surface area contributed by atoms with Gasteiger partial charge in [0.25, 0.3) is 5.91 Å². The summed E-state index contributed by atoms with van der Waals surface area (Å²) in [6.45, 7) is 0.573. The van der Waals surface area contributed by atoms with Crippen LogP contribution >= 0.6 is 0 Å². The molecule has 180 valence electrons. The number of nitrogens with zero attached hydrogens (tertiary/aromatic N) is 4. The first-order valence-electron chi connectivity index (χ1n) is 11.9. The smallest absolute Gasteiger partial charge is 0.322 e. The number of hydrogen-bond donors (Lipinski definition) is 2. The van der Waals surface area contributed by atoms with E-state index in [1.165, 1.54) is 5.56 Å². The van der Waals surface area contributed by atoms with Crippen LogP contribution in [0.2, 0.25) is 0 Å². The molecule has 8 nitrogen and oxygen atoms in total. The minimum absolute atomic E-state index is 0.0353. The number of benzene rings is 2. The van der Waals surface area contributed by atoms with Crippen molar-refractivity contribution in [1.29, 1.82) is 0 Å². The Balaban J connectivity index is 1.27. The number of anilines is 2. The van der Waals surface area contributed by atoms with E-state index in [2.05, 4.69) is 63.9 Å². The summed E-state index contributed by atoms with van der Waals surface area (Å²) >= 11 is 0. The van der Waals surface area contributed by atoms with E-state index in [1.807, 2.05) is 12.1 Å². The maximum atomic E-state index is 12.9. The highest BCUT2D eigenvalue weighted by Crippen LogP contribution is 2.46. The highest BCUT2D eigenvalue weighted by Gasteiger charge is 2.50. The van der Waals surface area contributed by atoms with Gasteiger partial charge >= 0.3 is 6.03 Å². The summed E-state index contributed by atoms with van der Waals surface area (Å²) in [6.07, 6.45) is 6.85. The maximum Gasteiger partial charge on any atom is 0.322 e. The summed E-state index contributed by atoms with van der Waals surface area (Å²) in [6, 6.07) is 19.4. The summed E-state index contributed by atoms with van der Waals surface area (Å²) in [5, 5.41) is 5.95. The summed E-state index contributed by atoms with van der Waals surface area (Å²) in [4.78, 5) is 37.8. The van der Waals surface area contributed by atoms with Gasteiger partial charge in [0.15, 0.2) is 0 Å². The quantitative estimate of drug-likeness (QED) is 0.588. The standard InChI is InChI=1S/C27H30N6O2/c1-32(2)27(21-11-7-4-8-12-21)15-13-26(14-16-27)19-33(25(35)31-26)22-17-28-24(29-18-22)30-23(34)20-9-5-3-6-10-20/h3-12,17-18H,13-16,19H2,1-2H3,(H,31,35)(H,28,29,30,34). The zero-order chi connectivity index (χ0) is 24.5. The molecule has 1 aromatic heterocycles. The van der Waals surface area contributed by atoms with Gasteiger partial charge in [-0.2, -0.15) is 0 Å². The lowest BCUT2D eigenvalue weighted by molar-refractivity contribution is 0.0658. The second kappa shape index (κ2) is 9.11. The van der Waals surface area contributed by atoms with E-state index in [-0.39, 0.29) is 29.0 Å². The van der Waals surface area contributed by atoms with Crippen molar-refractivity contribution >= 4 is 23.6 Å². The van der Waals surface area contributed by atoms with Crippen molar-refractivity contribution in [2.75, 3.05) is 30.9 Å². The van der Waals surface area contributed by atoms with E-state index in [1.54, 1.807) is 41.6 Å². The highest BCUT2D eigenvalue weighted by atomic mass is 16.2. The molecule has 5 rings (SSSR count). The molecule has 1 saturated heterocycles. The third-order valence-corrected chi connectivity index (χ3v) is 7.49. The Morgan fingerprint density at radius 2 is 1.54 bits per heavy atom. The van der Waals surface area contributed by atoms with Crippen LogP contribution in [0.1, 0.15) is 41.6 Å². The van der Waals surface area contributed by atoms with E-state index in [0.29, 0.717) is 17.8 Å². The van der Waals surface area contributed by atoms with Crippen molar-refractivity contribution < 1.29 is 9.59 Å². The van der Waals surface area contributed by atoms with Crippen LogP contribution in [0.25, 0.3) is 0 Å². The van der Waals surface area contributed by atoms with Gasteiger partial charge in [-0.3, -0.25) is 19.9 Å².